The number of likely N-dealkylation sites (N-methyl/N-ethyl adjacent to an activating group) is 1. The van der Waals surface area contributed by atoms with Gasteiger partial charge in [-0.15, -0.1) is 0 Å². The van der Waals surface area contributed by atoms with Crippen molar-refractivity contribution < 1.29 is 14.3 Å². The van der Waals surface area contributed by atoms with E-state index in [1.54, 1.807) is 12.1 Å². The molecule has 2 aromatic carbocycles. The molecule has 27 heavy (non-hydrogen) atoms. The van der Waals surface area contributed by atoms with Crippen LogP contribution in [0, 0.1) is 0 Å². The summed E-state index contributed by atoms with van der Waals surface area (Å²) < 4.78 is 11.1. The molecule has 0 radical (unpaired) electrons. The smallest absolute Gasteiger partial charge is 0.322 e. The van der Waals surface area contributed by atoms with Crippen molar-refractivity contribution in [3.63, 3.8) is 0 Å². The molecule has 6 nitrogen and oxygen atoms in total. The van der Waals surface area contributed by atoms with Crippen LogP contribution >= 0.6 is 11.6 Å². The lowest BCUT2D eigenvalue weighted by Gasteiger charge is -2.40. The molecule has 0 aromatic heterocycles. The second-order valence-corrected chi connectivity index (χ2v) is 7.20. The Bertz CT molecular complexity index is 831. The van der Waals surface area contributed by atoms with Gasteiger partial charge in [0.25, 0.3) is 0 Å². The first kappa shape index (κ1) is 17.9. The molecule has 2 aliphatic rings. The Hall–Kier alpha value is -2.44. The molecule has 0 bridgehead atoms. The third-order valence-electron chi connectivity index (χ3n) is 4.90. The second-order valence-electron chi connectivity index (χ2n) is 6.79. The zero-order valence-electron chi connectivity index (χ0n) is 15.2. The largest absolute Gasteiger partial charge is 0.486 e. The van der Waals surface area contributed by atoms with E-state index in [1.165, 1.54) is 0 Å². The molecular formula is C20H22ClN3O3. The topological polar surface area (TPSA) is 54.0 Å². The minimum Gasteiger partial charge on any atom is -0.486 e. The zero-order valence-corrected chi connectivity index (χ0v) is 15.9. The van der Waals surface area contributed by atoms with Crippen molar-refractivity contribution in [1.82, 2.24) is 9.80 Å². The summed E-state index contributed by atoms with van der Waals surface area (Å²) in [4.78, 5) is 17.1. The molecule has 0 spiro atoms. The molecular weight excluding hydrogens is 366 g/mol. The van der Waals surface area contributed by atoms with Gasteiger partial charge in [0.05, 0.1) is 16.8 Å². The molecule has 2 heterocycles. The van der Waals surface area contributed by atoms with Gasteiger partial charge in [-0.1, -0.05) is 41.9 Å². The molecule has 2 aliphatic heterocycles. The molecule has 2 aromatic rings. The fraction of sp³-hybridized carbons (Fsp3) is 0.350. The van der Waals surface area contributed by atoms with E-state index in [1.807, 2.05) is 23.1 Å². The van der Waals surface area contributed by atoms with Gasteiger partial charge < -0.3 is 24.6 Å². The summed E-state index contributed by atoms with van der Waals surface area (Å²) in [5.74, 6) is 1.20. The quantitative estimate of drug-likeness (QED) is 0.854. The highest BCUT2D eigenvalue weighted by atomic mass is 35.5. The highest BCUT2D eigenvalue weighted by Gasteiger charge is 2.30. The van der Waals surface area contributed by atoms with Crippen LogP contribution in [0.25, 0.3) is 0 Å². The molecule has 0 saturated carbocycles. The number of hydrogen-bond acceptors (Lipinski definition) is 4. The Labute approximate surface area is 163 Å². The lowest BCUT2D eigenvalue weighted by atomic mass is 10.0. The Morgan fingerprint density at radius 3 is 2.56 bits per heavy atom. The first-order chi connectivity index (χ1) is 13.1. The van der Waals surface area contributed by atoms with Gasteiger partial charge in [0.15, 0.2) is 11.5 Å². The average Bonchev–Trinajstić information content (AvgIpc) is 2.69. The summed E-state index contributed by atoms with van der Waals surface area (Å²) >= 11 is 6.34. The van der Waals surface area contributed by atoms with Crippen LogP contribution < -0.4 is 14.8 Å². The van der Waals surface area contributed by atoms with Crippen molar-refractivity contribution in [2.24, 2.45) is 0 Å². The van der Waals surface area contributed by atoms with E-state index in [2.05, 4.69) is 29.4 Å². The van der Waals surface area contributed by atoms with Gasteiger partial charge in [-0.2, -0.15) is 0 Å². The lowest BCUT2D eigenvalue weighted by molar-refractivity contribution is 0.116. The lowest BCUT2D eigenvalue weighted by Crippen LogP contribution is -2.50. The van der Waals surface area contributed by atoms with E-state index in [-0.39, 0.29) is 12.1 Å². The Kier molecular flexibility index (Phi) is 5.09. The Morgan fingerprint density at radius 1 is 1.11 bits per heavy atom. The minimum absolute atomic E-state index is 0.0130. The number of carbonyl (C=O) groups is 1. The number of ether oxygens (including phenoxy) is 2. The van der Waals surface area contributed by atoms with Crippen molar-refractivity contribution in [1.29, 1.82) is 0 Å². The van der Waals surface area contributed by atoms with Crippen molar-refractivity contribution in [2.75, 3.05) is 45.2 Å². The summed E-state index contributed by atoms with van der Waals surface area (Å²) in [6.45, 7) is 3.23. The number of rotatable bonds is 2. The second kappa shape index (κ2) is 7.66. The first-order valence-corrected chi connectivity index (χ1v) is 9.40. The van der Waals surface area contributed by atoms with Gasteiger partial charge in [-0.3, -0.25) is 0 Å². The van der Waals surface area contributed by atoms with Gasteiger partial charge in [0, 0.05) is 31.8 Å². The molecule has 0 aliphatic carbocycles. The highest BCUT2D eigenvalue weighted by molar-refractivity contribution is 6.34. The van der Waals surface area contributed by atoms with Crippen molar-refractivity contribution >= 4 is 23.3 Å². The third kappa shape index (κ3) is 3.82. The van der Waals surface area contributed by atoms with Gasteiger partial charge in [-0.25, -0.2) is 4.79 Å². The van der Waals surface area contributed by atoms with Gasteiger partial charge >= 0.3 is 6.03 Å². The monoisotopic (exact) mass is 387 g/mol. The van der Waals surface area contributed by atoms with E-state index < -0.39 is 0 Å². The van der Waals surface area contributed by atoms with Crippen LogP contribution in [0.15, 0.2) is 42.5 Å². The SMILES string of the molecule is CN1CCN(C(=O)Nc2cc3c(cc2Cl)OCCO3)[C@@H](c2ccccc2)C1. The predicted molar refractivity (Wildman–Crippen MR) is 105 cm³/mol. The van der Waals surface area contributed by atoms with Crippen LogP contribution in [0.3, 0.4) is 0 Å². The Balaban J connectivity index is 1.56. The molecule has 142 valence electrons. The summed E-state index contributed by atoms with van der Waals surface area (Å²) in [7, 11) is 2.07. The minimum atomic E-state index is -0.171. The first-order valence-electron chi connectivity index (χ1n) is 9.02. The Morgan fingerprint density at radius 2 is 1.81 bits per heavy atom. The summed E-state index contributed by atoms with van der Waals surface area (Å²) in [5, 5.41) is 3.37. The number of fused-ring (bicyclic) bond motifs is 1. The van der Waals surface area contributed by atoms with E-state index >= 15 is 0 Å². The van der Waals surface area contributed by atoms with E-state index in [0.29, 0.717) is 42.0 Å². The number of halogens is 1. The van der Waals surface area contributed by atoms with E-state index in [4.69, 9.17) is 21.1 Å². The van der Waals surface area contributed by atoms with Gasteiger partial charge in [0.2, 0.25) is 0 Å². The number of urea groups is 1. The number of carbonyl (C=O) groups excluding carboxylic acids is 1. The van der Waals surface area contributed by atoms with E-state index in [9.17, 15) is 4.79 Å². The number of piperazine rings is 1. The molecule has 1 saturated heterocycles. The molecule has 1 N–H and O–H groups in total. The molecule has 2 amide bonds. The highest BCUT2D eigenvalue weighted by Crippen LogP contribution is 2.38. The van der Waals surface area contributed by atoms with Crippen molar-refractivity contribution in [3.05, 3.63) is 53.1 Å². The molecule has 4 rings (SSSR count). The normalized spacial score (nSPS) is 19.6. The van der Waals surface area contributed by atoms with Crippen LogP contribution in [-0.4, -0.2) is 55.7 Å². The maximum Gasteiger partial charge on any atom is 0.322 e. The van der Waals surface area contributed by atoms with Crippen molar-refractivity contribution in [2.45, 2.75) is 6.04 Å². The summed E-state index contributed by atoms with van der Waals surface area (Å²) in [6, 6.07) is 13.3. The fourth-order valence-electron chi connectivity index (χ4n) is 3.47. The molecule has 7 heteroatoms. The number of amides is 2. The molecule has 1 fully saturated rings. The van der Waals surface area contributed by atoms with E-state index in [0.717, 1.165) is 18.7 Å². The van der Waals surface area contributed by atoms with Crippen molar-refractivity contribution in [3.8, 4) is 11.5 Å². The predicted octanol–water partition coefficient (Wildman–Crippen LogP) is 3.63. The van der Waals surface area contributed by atoms with Crippen LogP contribution in [0.2, 0.25) is 5.02 Å². The number of nitrogens with one attached hydrogen (secondary N) is 1. The molecule has 0 unspecified atom stereocenters. The maximum absolute atomic E-state index is 13.0. The molecule has 1 atom stereocenters. The van der Waals surface area contributed by atoms with Crippen LogP contribution in [0.1, 0.15) is 11.6 Å². The van der Waals surface area contributed by atoms with Crippen LogP contribution in [0.5, 0.6) is 11.5 Å². The number of nitrogens with zero attached hydrogens (tertiary/aromatic N) is 2. The maximum atomic E-state index is 13.0. The van der Waals surface area contributed by atoms with Gasteiger partial charge in [0.1, 0.15) is 13.2 Å². The van der Waals surface area contributed by atoms with Crippen LogP contribution in [0.4, 0.5) is 10.5 Å². The average molecular weight is 388 g/mol. The zero-order chi connectivity index (χ0) is 18.8. The van der Waals surface area contributed by atoms with Gasteiger partial charge in [-0.05, 0) is 12.6 Å². The third-order valence-corrected chi connectivity index (χ3v) is 5.21. The number of hydrogen-bond donors (Lipinski definition) is 1. The number of benzene rings is 2. The standard InChI is InChI=1S/C20H22ClN3O3/c1-23-7-8-24(17(13-23)14-5-3-2-4-6-14)20(25)22-16-12-19-18(11-15(16)21)26-9-10-27-19/h2-6,11-12,17H,7-10,13H2,1H3,(H,22,25)/t17-/m1/s1. The summed E-state index contributed by atoms with van der Waals surface area (Å²) in [6.07, 6.45) is 0. The number of anilines is 1. The fourth-order valence-corrected chi connectivity index (χ4v) is 3.67. The summed E-state index contributed by atoms with van der Waals surface area (Å²) in [5.41, 5.74) is 1.64. The van der Waals surface area contributed by atoms with Crippen LogP contribution in [-0.2, 0) is 0 Å².